The number of carboxylic acid groups (broad SMARTS) is 3. The lowest BCUT2D eigenvalue weighted by Crippen LogP contribution is -2.66. The second-order valence-corrected chi connectivity index (χ2v) is 20.0. The number of aromatic carboxylic acids is 1. The van der Waals surface area contributed by atoms with E-state index in [-0.39, 0.29) is 45.8 Å². The van der Waals surface area contributed by atoms with E-state index in [1.54, 1.807) is 12.1 Å². The summed E-state index contributed by atoms with van der Waals surface area (Å²) in [5, 5.41) is 31.3. The van der Waals surface area contributed by atoms with Crippen LogP contribution in [0.5, 0.6) is 0 Å². The summed E-state index contributed by atoms with van der Waals surface area (Å²) in [5.74, 6) is 0.0877. The average molecular weight is 775 g/mol. The predicted octanol–water partition coefficient (Wildman–Crippen LogP) is 9.41. The Labute approximate surface area is 335 Å². The fraction of sp³-hybridized carbons (Fsp3) is 0.745. The van der Waals surface area contributed by atoms with Crippen molar-refractivity contribution in [3.8, 4) is 0 Å². The van der Waals surface area contributed by atoms with Gasteiger partial charge in [-0.05, 0) is 145 Å². The van der Waals surface area contributed by atoms with Gasteiger partial charge in [0.1, 0.15) is 0 Å². The molecule has 0 aliphatic heterocycles. The van der Waals surface area contributed by atoms with E-state index in [9.17, 15) is 34.5 Å². The first-order chi connectivity index (χ1) is 26.4. The molecule has 1 aromatic carbocycles. The smallest absolute Gasteiger partial charge is 0.335 e. The van der Waals surface area contributed by atoms with Crippen LogP contribution in [-0.4, -0.2) is 70.2 Å². The summed E-state index contributed by atoms with van der Waals surface area (Å²) in [4.78, 5) is 50.6. The Kier molecular flexibility index (Phi) is 12.3. The lowest BCUT2D eigenvalue weighted by atomic mass is 9.32. The van der Waals surface area contributed by atoms with Crippen LogP contribution in [0, 0.1) is 56.7 Å². The first-order valence-electron chi connectivity index (χ1n) is 21.9. The number of amides is 1. The minimum absolute atomic E-state index is 0.0320. The Morgan fingerprint density at radius 3 is 2.07 bits per heavy atom. The third-order valence-electron chi connectivity index (χ3n) is 17.2. The SMILES string of the molecule is CCCCC1CCC2(C(=O)NCCCN(CCC(=O)O)CCC(=O)O)CCC3(C)C(CCC4C5(C)CC=C(c6ccc(C(=O)O)cc6)C(C)(C)C5CCC43C)C12. The van der Waals surface area contributed by atoms with Gasteiger partial charge in [-0.1, -0.05) is 79.0 Å². The highest BCUT2D eigenvalue weighted by Crippen LogP contribution is 2.77. The van der Waals surface area contributed by atoms with Gasteiger partial charge < -0.3 is 25.5 Å². The van der Waals surface area contributed by atoms with E-state index in [1.165, 1.54) is 50.5 Å². The molecule has 1 amide bonds. The van der Waals surface area contributed by atoms with Gasteiger partial charge in [0.15, 0.2) is 0 Å². The monoisotopic (exact) mass is 775 g/mol. The summed E-state index contributed by atoms with van der Waals surface area (Å²) < 4.78 is 0. The lowest BCUT2D eigenvalue weighted by molar-refractivity contribution is -0.226. The maximum Gasteiger partial charge on any atom is 0.335 e. The number of allylic oxidation sites excluding steroid dienone is 2. The maximum absolute atomic E-state index is 14.6. The summed E-state index contributed by atoms with van der Waals surface area (Å²) in [5.41, 5.74) is 2.89. The molecular weight excluding hydrogens is 705 g/mol. The van der Waals surface area contributed by atoms with E-state index in [4.69, 9.17) is 0 Å². The zero-order valence-corrected chi connectivity index (χ0v) is 35.1. The minimum atomic E-state index is -0.896. The number of hydrogen-bond donors (Lipinski definition) is 4. The molecule has 0 heterocycles. The van der Waals surface area contributed by atoms with Crippen molar-refractivity contribution < 1.29 is 34.5 Å². The third-order valence-corrected chi connectivity index (χ3v) is 17.2. The molecule has 9 unspecified atom stereocenters. The number of aliphatic carboxylic acids is 2. The maximum atomic E-state index is 14.6. The molecule has 9 atom stereocenters. The number of fused-ring (bicyclic) bond motifs is 7. The summed E-state index contributed by atoms with van der Waals surface area (Å²) >= 11 is 0. The van der Waals surface area contributed by atoms with Crippen molar-refractivity contribution >= 4 is 29.4 Å². The Balaban J connectivity index is 1.22. The van der Waals surface area contributed by atoms with Gasteiger partial charge in [0.2, 0.25) is 5.91 Å². The third kappa shape index (κ3) is 7.36. The van der Waals surface area contributed by atoms with Gasteiger partial charge in [-0.15, -0.1) is 0 Å². The van der Waals surface area contributed by atoms with Crippen molar-refractivity contribution in [3.05, 3.63) is 41.5 Å². The minimum Gasteiger partial charge on any atom is -0.481 e. The van der Waals surface area contributed by atoms with Crippen molar-refractivity contribution in [3.63, 3.8) is 0 Å². The number of hydrogen-bond acceptors (Lipinski definition) is 5. The van der Waals surface area contributed by atoms with Crippen LogP contribution in [0.25, 0.3) is 5.57 Å². The molecule has 4 fully saturated rings. The van der Waals surface area contributed by atoms with E-state index in [2.05, 4.69) is 52.9 Å². The molecule has 0 aromatic heterocycles. The standard InChI is InChI=1S/C47H70N2O7/c1-7-8-10-32-17-24-47(42(56)48-27-9-28-49(29-20-38(50)51)30-21-39(52)53)26-25-45(5)35(40(32)47)15-16-37-44(4)22-18-34(31-11-13-33(14-12-31)41(54)55)43(2,3)36(44)19-23-46(37,45)6/h11-14,18,32,35-37,40H,7-10,15-17,19-30H2,1-6H3,(H,48,56)(H,50,51)(H,52,53)(H,54,55). The van der Waals surface area contributed by atoms with Crippen LogP contribution in [0.4, 0.5) is 0 Å². The van der Waals surface area contributed by atoms with Crippen molar-refractivity contribution in [2.75, 3.05) is 26.2 Å². The number of benzene rings is 1. The van der Waals surface area contributed by atoms with E-state index in [1.807, 2.05) is 17.0 Å². The Morgan fingerprint density at radius 2 is 1.45 bits per heavy atom. The van der Waals surface area contributed by atoms with Gasteiger partial charge in [-0.3, -0.25) is 14.4 Å². The van der Waals surface area contributed by atoms with Crippen LogP contribution < -0.4 is 5.32 Å². The van der Waals surface area contributed by atoms with E-state index in [0.717, 1.165) is 37.7 Å². The molecule has 4 N–H and O–H groups in total. The van der Waals surface area contributed by atoms with Gasteiger partial charge in [0.25, 0.3) is 0 Å². The summed E-state index contributed by atoms with van der Waals surface area (Å²) in [6, 6.07) is 7.48. The average Bonchev–Trinajstić information content (AvgIpc) is 3.52. The molecule has 310 valence electrons. The molecule has 5 aliphatic carbocycles. The summed E-state index contributed by atoms with van der Waals surface area (Å²) in [6.07, 6.45) is 16.5. The first kappa shape index (κ1) is 42.4. The zero-order chi connectivity index (χ0) is 40.7. The molecule has 0 spiro atoms. The van der Waals surface area contributed by atoms with Crippen LogP contribution >= 0.6 is 0 Å². The highest BCUT2D eigenvalue weighted by atomic mass is 16.4. The van der Waals surface area contributed by atoms with Crippen molar-refractivity contribution in [2.24, 2.45) is 56.7 Å². The predicted molar refractivity (Wildman–Crippen MR) is 219 cm³/mol. The normalized spacial score (nSPS) is 35.7. The van der Waals surface area contributed by atoms with E-state index < -0.39 is 17.9 Å². The molecule has 6 rings (SSSR count). The van der Waals surface area contributed by atoms with Gasteiger partial charge in [-0.2, -0.15) is 0 Å². The molecule has 0 saturated heterocycles. The van der Waals surface area contributed by atoms with Gasteiger partial charge >= 0.3 is 17.9 Å². The van der Waals surface area contributed by atoms with Crippen LogP contribution in [0.15, 0.2) is 30.3 Å². The highest BCUT2D eigenvalue weighted by molar-refractivity contribution is 5.88. The number of carbonyl (C=O) groups excluding carboxylic acids is 1. The fourth-order valence-electron chi connectivity index (χ4n) is 14.3. The zero-order valence-electron chi connectivity index (χ0n) is 35.1. The second kappa shape index (κ2) is 16.2. The largest absolute Gasteiger partial charge is 0.481 e. The number of carbonyl (C=O) groups is 4. The quantitative estimate of drug-likeness (QED) is 0.122. The molecule has 0 radical (unpaired) electrons. The number of unbranched alkanes of at least 4 members (excludes halogenated alkanes) is 1. The van der Waals surface area contributed by atoms with E-state index in [0.29, 0.717) is 67.8 Å². The Hall–Kier alpha value is -3.20. The van der Waals surface area contributed by atoms with Crippen LogP contribution in [-0.2, 0) is 14.4 Å². The fourth-order valence-corrected chi connectivity index (χ4v) is 14.3. The second-order valence-electron chi connectivity index (χ2n) is 20.0. The van der Waals surface area contributed by atoms with Crippen LogP contribution in [0.1, 0.15) is 154 Å². The van der Waals surface area contributed by atoms with Gasteiger partial charge in [0.05, 0.1) is 23.8 Å². The number of carboxylic acids is 3. The summed E-state index contributed by atoms with van der Waals surface area (Å²) in [7, 11) is 0. The molecule has 5 aliphatic rings. The Bertz CT molecular complexity index is 1650. The van der Waals surface area contributed by atoms with Crippen molar-refractivity contribution in [1.29, 1.82) is 0 Å². The van der Waals surface area contributed by atoms with Gasteiger partial charge in [-0.25, -0.2) is 4.79 Å². The number of nitrogens with one attached hydrogen (secondary N) is 1. The molecule has 56 heavy (non-hydrogen) atoms. The molecular formula is C47H70N2O7. The Morgan fingerprint density at radius 1 is 0.768 bits per heavy atom. The van der Waals surface area contributed by atoms with Crippen LogP contribution in [0.2, 0.25) is 0 Å². The molecule has 4 saturated carbocycles. The topological polar surface area (TPSA) is 144 Å². The molecule has 1 aromatic rings. The van der Waals surface area contributed by atoms with E-state index >= 15 is 0 Å². The van der Waals surface area contributed by atoms with Crippen molar-refractivity contribution in [1.82, 2.24) is 10.2 Å². The number of nitrogens with zero attached hydrogens (tertiary/aromatic N) is 1. The highest BCUT2D eigenvalue weighted by Gasteiger charge is 2.71. The molecule has 9 heteroatoms. The first-order valence-corrected chi connectivity index (χ1v) is 21.9. The molecule has 0 bridgehead atoms. The van der Waals surface area contributed by atoms with Gasteiger partial charge in [0, 0.05) is 19.6 Å². The summed E-state index contributed by atoms with van der Waals surface area (Å²) in [6.45, 7) is 16.7. The van der Waals surface area contributed by atoms with Crippen LogP contribution in [0.3, 0.4) is 0 Å². The lowest BCUT2D eigenvalue weighted by Gasteiger charge is -2.72. The van der Waals surface area contributed by atoms with Crippen molar-refractivity contribution in [2.45, 2.75) is 138 Å². The molecule has 9 nitrogen and oxygen atoms in total. The number of rotatable bonds is 16.